The summed E-state index contributed by atoms with van der Waals surface area (Å²) in [5.74, 6) is -0.0256. The molecule has 4 nitrogen and oxygen atoms in total. The van der Waals surface area contributed by atoms with Gasteiger partial charge in [0.15, 0.2) is 4.96 Å². The number of halogens is 2. The molecule has 22 heavy (non-hydrogen) atoms. The van der Waals surface area contributed by atoms with Gasteiger partial charge in [0.05, 0.1) is 12.2 Å². The number of aromatic nitrogens is 2. The fourth-order valence-corrected chi connectivity index (χ4v) is 3.33. The summed E-state index contributed by atoms with van der Waals surface area (Å²) in [6, 6.07) is 5.31. The average molecular weight is 354 g/mol. The Morgan fingerprint density at radius 1 is 1.36 bits per heavy atom. The van der Waals surface area contributed by atoms with Crippen LogP contribution in [0.4, 0.5) is 0 Å². The van der Waals surface area contributed by atoms with Gasteiger partial charge < -0.3 is 5.32 Å². The predicted molar refractivity (Wildman–Crippen MR) is 89.7 cm³/mol. The number of fused-ring (bicyclic) bond motifs is 1. The summed E-state index contributed by atoms with van der Waals surface area (Å²) in [5.41, 5.74) is 1.77. The Kier molecular flexibility index (Phi) is 4.66. The van der Waals surface area contributed by atoms with Crippen LogP contribution in [0.25, 0.3) is 4.96 Å². The smallest absolute Gasteiger partial charge is 0.220 e. The van der Waals surface area contributed by atoms with Gasteiger partial charge in [0.2, 0.25) is 5.91 Å². The molecule has 0 unspecified atom stereocenters. The molecule has 1 N–H and O–H groups in total. The number of rotatable bonds is 5. The number of imidazole rings is 1. The summed E-state index contributed by atoms with van der Waals surface area (Å²) in [6.45, 7) is 0.432. The van der Waals surface area contributed by atoms with Crippen molar-refractivity contribution in [3.8, 4) is 0 Å². The zero-order chi connectivity index (χ0) is 15.5. The number of benzene rings is 1. The van der Waals surface area contributed by atoms with Crippen LogP contribution in [0.3, 0.4) is 0 Å². The summed E-state index contributed by atoms with van der Waals surface area (Å²) >= 11 is 13.5. The Labute approximate surface area is 141 Å². The van der Waals surface area contributed by atoms with E-state index in [2.05, 4.69) is 10.3 Å². The topological polar surface area (TPSA) is 46.4 Å². The van der Waals surface area contributed by atoms with Crippen molar-refractivity contribution in [1.29, 1.82) is 0 Å². The highest BCUT2D eigenvalue weighted by Crippen LogP contribution is 2.22. The van der Waals surface area contributed by atoms with Crippen molar-refractivity contribution in [2.24, 2.45) is 0 Å². The summed E-state index contributed by atoms with van der Waals surface area (Å²) in [7, 11) is 0. The largest absolute Gasteiger partial charge is 0.350 e. The Bertz CT molecular complexity index is 784. The van der Waals surface area contributed by atoms with Crippen LogP contribution in [0, 0.1) is 0 Å². The highest BCUT2D eigenvalue weighted by Gasteiger charge is 2.07. The van der Waals surface area contributed by atoms with E-state index in [-0.39, 0.29) is 5.91 Å². The second kappa shape index (κ2) is 6.69. The quantitative estimate of drug-likeness (QED) is 0.754. The summed E-state index contributed by atoms with van der Waals surface area (Å²) in [4.78, 5) is 17.3. The van der Waals surface area contributed by atoms with Crippen molar-refractivity contribution in [1.82, 2.24) is 14.7 Å². The molecule has 114 valence electrons. The minimum atomic E-state index is -0.0256. The van der Waals surface area contributed by atoms with Gasteiger partial charge in [0.25, 0.3) is 0 Å². The second-order valence-corrected chi connectivity index (χ2v) is 6.55. The van der Waals surface area contributed by atoms with E-state index >= 15 is 0 Å². The molecule has 0 bridgehead atoms. The Morgan fingerprint density at radius 2 is 2.23 bits per heavy atom. The Morgan fingerprint density at radius 3 is 3.00 bits per heavy atom. The van der Waals surface area contributed by atoms with Crippen LogP contribution in [-0.2, 0) is 17.8 Å². The van der Waals surface area contributed by atoms with Gasteiger partial charge in [0, 0.05) is 34.2 Å². The van der Waals surface area contributed by atoms with Crippen molar-refractivity contribution in [3.05, 3.63) is 57.3 Å². The highest BCUT2D eigenvalue weighted by molar-refractivity contribution is 7.15. The fourth-order valence-electron chi connectivity index (χ4n) is 2.11. The minimum Gasteiger partial charge on any atom is -0.350 e. The van der Waals surface area contributed by atoms with Gasteiger partial charge >= 0.3 is 0 Å². The monoisotopic (exact) mass is 353 g/mol. The van der Waals surface area contributed by atoms with Crippen LogP contribution in [0.1, 0.15) is 17.7 Å². The summed E-state index contributed by atoms with van der Waals surface area (Å²) < 4.78 is 1.94. The van der Waals surface area contributed by atoms with Gasteiger partial charge in [-0.3, -0.25) is 9.20 Å². The molecule has 2 aromatic heterocycles. The first-order chi connectivity index (χ1) is 10.6. The lowest BCUT2D eigenvalue weighted by molar-refractivity contribution is -0.121. The molecule has 0 spiro atoms. The number of hydrogen-bond donors (Lipinski definition) is 1. The first-order valence-electron chi connectivity index (χ1n) is 6.73. The predicted octanol–water partition coefficient (Wildman–Crippen LogP) is 3.95. The van der Waals surface area contributed by atoms with Crippen molar-refractivity contribution in [2.45, 2.75) is 19.4 Å². The lowest BCUT2D eigenvalue weighted by Gasteiger charge is -2.05. The number of hydrogen-bond acceptors (Lipinski definition) is 3. The van der Waals surface area contributed by atoms with E-state index in [0.29, 0.717) is 29.4 Å². The summed E-state index contributed by atoms with van der Waals surface area (Å²) in [6.07, 6.45) is 4.83. The van der Waals surface area contributed by atoms with Gasteiger partial charge in [-0.25, -0.2) is 4.98 Å². The van der Waals surface area contributed by atoms with Crippen LogP contribution in [-0.4, -0.2) is 15.3 Å². The van der Waals surface area contributed by atoms with E-state index in [0.717, 1.165) is 16.2 Å². The SMILES string of the molecule is O=C(CCc1ccc(Cl)cc1Cl)NCc1cn2ccsc2n1. The van der Waals surface area contributed by atoms with Crippen molar-refractivity contribution >= 4 is 45.4 Å². The molecule has 0 aliphatic rings. The van der Waals surface area contributed by atoms with E-state index in [9.17, 15) is 4.79 Å². The van der Waals surface area contributed by atoms with Gasteiger partial charge in [-0.15, -0.1) is 11.3 Å². The molecular weight excluding hydrogens is 341 g/mol. The van der Waals surface area contributed by atoms with Crippen molar-refractivity contribution in [3.63, 3.8) is 0 Å². The van der Waals surface area contributed by atoms with E-state index in [1.807, 2.05) is 28.2 Å². The Balaban J connectivity index is 1.51. The first kappa shape index (κ1) is 15.3. The van der Waals surface area contributed by atoms with Crippen LogP contribution in [0.5, 0.6) is 0 Å². The van der Waals surface area contributed by atoms with E-state index < -0.39 is 0 Å². The maximum Gasteiger partial charge on any atom is 0.220 e. The van der Waals surface area contributed by atoms with Crippen molar-refractivity contribution < 1.29 is 4.79 Å². The molecule has 0 aliphatic heterocycles. The number of nitrogens with one attached hydrogen (secondary N) is 1. The fraction of sp³-hybridized carbons (Fsp3) is 0.200. The number of nitrogens with zero attached hydrogens (tertiary/aromatic N) is 2. The first-order valence-corrected chi connectivity index (χ1v) is 8.37. The molecule has 1 aromatic carbocycles. The molecule has 0 radical (unpaired) electrons. The minimum absolute atomic E-state index is 0.0256. The molecule has 0 saturated carbocycles. The lowest BCUT2D eigenvalue weighted by Crippen LogP contribution is -2.23. The number of amides is 1. The molecule has 0 atom stereocenters. The molecule has 1 amide bonds. The number of thiazole rings is 1. The van der Waals surface area contributed by atoms with Gasteiger partial charge in [-0.1, -0.05) is 29.3 Å². The van der Waals surface area contributed by atoms with Crippen molar-refractivity contribution in [2.75, 3.05) is 0 Å². The second-order valence-electron chi connectivity index (χ2n) is 4.84. The molecular formula is C15H13Cl2N3OS. The van der Waals surface area contributed by atoms with Crippen LogP contribution < -0.4 is 5.32 Å². The van der Waals surface area contributed by atoms with Gasteiger partial charge in [-0.2, -0.15) is 0 Å². The Hall–Kier alpha value is -1.56. The molecule has 2 heterocycles. The maximum atomic E-state index is 11.9. The zero-order valence-corrected chi connectivity index (χ0v) is 13.9. The van der Waals surface area contributed by atoms with Gasteiger partial charge in [0.1, 0.15) is 0 Å². The van der Waals surface area contributed by atoms with E-state index in [1.54, 1.807) is 23.5 Å². The molecule has 3 rings (SSSR count). The third kappa shape index (κ3) is 3.61. The number of carbonyl (C=O) groups excluding carboxylic acids is 1. The van der Waals surface area contributed by atoms with Gasteiger partial charge in [-0.05, 0) is 24.1 Å². The summed E-state index contributed by atoms with van der Waals surface area (Å²) in [5, 5.41) is 6.03. The molecule has 3 aromatic rings. The standard InChI is InChI=1S/C15H13Cl2N3OS/c16-11-3-1-10(13(17)7-11)2-4-14(21)18-8-12-9-20-5-6-22-15(20)19-12/h1,3,5-7,9H,2,4,8H2,(H,18,21). The zero-order valence-electron chi connectivity index (χ0n) is 11.6. The van der Waals surface area contributed by atoms with E-state index in [4.69, 9.17) is 23.2 Å². The average Bonchev–Trinajstić information content (AvgIpc) is 3.05. The van der Waals surface area contributed by atoms with Crippen LogP contribution in [0.2, 0.25) is 10.0 Å². The number of carbonyl (C=O) groups is 1. The third-order valence-corrected chi connectivity index (χ3v) is 4.60. The maximum absolute atomic E-state index is 11.9. The molecule has 0 saturated heterocycles. The van der Waals surface area contributed by atoms with Crippen LogP contribution >= 0.6 is 34.5 Å². The lowest BCUT2D eigenvalue weighted by atomic mass is 10.1. The van der Waals surface area contributed by atoms with E-state index in [1.165, 1.54) is 0 Å². The molecule has 0 aliphatic carbocycles. The third-order valence-electron chi connectivity index (χ3n) is 3.25. The normalized spacial score (nSPS) is 11.0. The number of aryl methyl sites for hydroxylation is 1. The van der Waals surface area contributed by atoms with Crippen LogP contribution in [0.15, 0.2) is 36.0 Å². The molecule has 7 heteroatoms. The highest BCUT2D eigenvalue weighted by atomic mass is 35.5. The molecule has 0 fully saturated rings.